The summed E-state index contributed by atoms with van der Waals surface area (Å²) in [6, 6.07) is 2.21. The number of aromatic nitrogens is 1. The third kappa shape index (κ3) is 2.03. The largest absolute Gasteiger partial charge is 0.384 e. The van der Waals surface area contributed by atoms with Crippen LogP contribution >= 0.6 is 0 Å². The Morgan fingerprint density at radius 3 is 2.56 bits per heavy atom. The van der Waals surface area contributed by atoms with E-state index in [1.165, 1.54) is 6.07 Å². The van der Waals surface area contributed by atoms with Gasteiger partial charge in [0.1, 0.15) is 11.3 Å². The van der Waals surface area contributed by atoms with E-state index in [2.05, 4.69) is 10.3 Å². The van der Waals surface area contributed by atoms with E-state index in [0.717, 1.165) is 29.4 Å². The number of hydrogen-bond acceptors (Lipinski definition) is 2. The van der Waals surface area contributed by atoms with Crippen LogP contribution in [0.2, 0.25) is 0 Å². The highest BCUT2D eigenvalue weighted by Crippen LogP contribution is 2.30. The quantitative estimate of drug-likeness (QED) is 0.895. The molecule has 0 atom stereocenters. The number of pyridine rings is 1. The number of rotatable bonds is 3. The van der Waals surface area contributed by atoms with Gasteiger partial charge in [0, 0.05) is 29.4 Å². The third-order valence-electron chi connectivity index (χ3n) is 3.02. The highest BCUT2D eigenvalue weighted by atomic mass is 19.1. The minimum atomic E-state index is -0.616. The lowest BCUT2D eigenvalue weighted by Crippen LogP contribution is -2.06. The lowest BCUT2D eigenvalue weighted by molar-refractivity contribution is 0.590. The minimum Gasteiger partial charge on any atom is -0.384 e. The van der Waals surface area contributed by atoms with Crippen molar-refractivity contribution in [1.82, 2.24) is 4.98 Å². The van der Waals surface area contributed by atoms with Gasteiger partial charge in [-0.25, -0.2) is 13.8 Å². The first-order valence-electron chi connectivity index (χ1n) is 6.10. The lowest BCUT2D eigenvalue weighted by Gasteiger charge is -2.15. The normalized spacial score (nSPS) is 10.9. The van der Waals surface area contributed by atoms with E-state index in [0.29, 0.717) is 11.9 Å². The zero-order valence-electron chi connectivity index (χ0n) is 10.8. The van der Waals surface area contributed by atoms with Gasteiger partial charge in [-0.3, -0.25) is 0 Å². The molecule has 96 valence electrons. The number of nitrogens with zero attached hydrogens (tertiary/aromatic N) is 1. The van der Waals surface area contributed by atoms with Gasteiger partial charge in [0.05, 0.1) is 0 Å². The monoisotopic (exact) mass is 250 g/mol. The Labute approximate surface area is 105 Å². The van der Waals surface area contributed by atoms with Crippen LogP contribution in [0.4, 0.5) is 14.5 Å². The van der Waals surface area contributed by atoms with E-state index in [-0.39, 0.29) is 5.52 Å². The molecule has 0 aliphatic rings. The molecule has 2 aromatic rings. The standard InChI is InChI=1S/C14H16F2N2/c1-4-10-8(3)18-14-11(13(10)17-5-2)6-9(15)7-12(14)16/h6-7H,4-5H2,1-3H3,(H,17,18). The topological polar surface area (TPSA) is 24.9 Å². The predicted molar refractivity (Wildman–Crippen MR) is 69.9 cm³/mol. The average molecular weight is 250 g/mol. The third-order valence-corrected chi connectivity index (χ3v) is 3.02. The van der Waals surface area contributed by atoms with Crippen molar-refractivity contribution in [2.45, 2.75) is 27.2 Å². The lowest BCUT2D eigenvalue weighted by atomic mass is 10.0. The molecular formula is C14H16F2N2. The van der Waals surface area contributed by atoms with Crippen molar-refractivity contribution in [2.75, 3.05) is 11.9 Å². The molecular weight excluding hydrogens is 234 g/mol. The fourth-order valence-electron chi connectivity index (χ4n) is 2.26. The SMILES string of the molecule is CCNc1c(CC)c(C)nc2c(F)cc(F)cc12. The summed E-state index contributed by atoms with van der Waals surface area (Å²) >= 11 is 0. The summed E-state index contributed by atoms with van der Waals surface area (Å²) in [6.07, 6.45) is 0.773. The summed E-state index contributed by atoms with van der Waals surface area (Å²) < 4.78 is 27.1. The van der Waals surface area contributed by atoms with Crippen LogP contribution in [0.15, 0.2) is 12.1 Å². The Kier molecular flexibility index (Phi) is 3.45. The summed E-state index contributed by atoms with van der Waals surface area (Å²) in [5, 5.41) is 3.70. The van der Waals surface area contributed by atoms with Crippen molar-refractivity contribution in [2.24, 2.45) is 0 Å². The smallest absolute Gasteiger partial charge is 0.152 e. The van der Waals surface area contributed by atoms with E-state index < -0.39 is 11.6 Å². The fraction of sp³-hybridized carbons (Fsp3) is 0.357. The van der Waals surface area contributed by atoms with Gasteiger partial charge in [-0.2, -0.15) is 0 Å². The molecule has 0 bridgehead atoms. The van der Waals surface area contributed by atoms with Gasteiger partial charge < -0.3 is 5.32 Å². The molecule has 0 spiro atoms. The van der Waals surface area contributed by atoms with E-state index in [9.17, 15) is 8.78 Å². The molecule has 1 aromatic carbocycles. The van der Waals surface area contributed by atoms with E-state index in [1.807, 2.05) is 20.8 Å². The fourth-order valence-corrected chi connectivity index (χ4v) is 2.26. The molecule has 0 aliphatic carbocycles. The maximum Gasteiger partial charge on any atom is 0.152 e. The first kappa shape index (κ1) is 12.7. The molecule has 18 heavy (non-hydrogen) atoms. The molecule has 0 fully saturated rings. The molecule has 0 radical (unpaired) electrons. The van der Waals surface area contributed by atoms with Gasteiger partial charge in [-0.1, -0.05) is 6.92 Å². The molecule has 0 unspecified atom stereocenters. The Hall–Kier alpha value is -1.71. The van der Waals surface area contributed by atoms with Crippen molar-refractivity contribution >= 4 is 16.6 Å². The molecule has 0 saturated carbocycles. The average Bonchev–Trinajstić information content (AvgIpc) is 2.31. The highest BCUT2D eigenvalue weighted by Gasteiger charge is 2.14. The molecule has 4 heteroatoms. The zero-order chi connectivity index (χ0) is 13.3. The summed E-state index contributed by atoms with van der Waals surface area (Å²) in [5.74, 6) is -1.19. The van der Waals surface area contributed by atoms with Crippen LogP contribution in [0.5, 0.6) is 0 Å². The van der Waals surface area contributed by atoms with Crippen molar-refractivity contribution in [1.29, 1.82) is 0 Å². The summed E-state index contributed by atoms with van der Waals surface area (Å²) in [6.45, 7) is 6.51. The van der Waals surface area contributed by atoms with Crippen LogP contribution in [0.3, 0.4) is 0 Å². The number of halogens is 2. The number of fused-ring (bicyclic) bond motifs is 1. The molecule has 0 saturated heterocycles. The van der Waals surface area contributed by atoms with Crippen molar-refractivity contribution in [3.63, 3.8) is 0 Å². The number of anilines is 1. The predicted octanol–water partition coefficient (Wildman–Crippen LogP) is 3.82. The van der Waals surface area contributed by atoms with Crippen molar-refractivity contribution < 1.29 is 8.78 Å². The minimum absolute atomic E-state index is 0.224. The number of aryl methyl sites for hydroxylation is 1. The molecule has 2 nitrogen and oxygen atoms in total. The van der Waals surface area contributed by atoms with Crippen molar-refractivity contribution in [3.05, 3.63) is 35.0 Å². The van der Waals surface area contributed by atoms with Crippen LogP contribution in [0.1, 0.15) is 25.1 Å². The van der Waals surface area contributed by atoms with Gasteiger partial charge in [0.25, 0.3) is 0 Å². The van der Waals surface area contributed by atoms with Crippen LogP contribution < -0.4 is 5.32 Å². The Morgan fingerprint density at radius 2 is 1.94 bits per heavy atom. The second-order valence-electron chi connectivity index (χ2n) is 4.22. The Balaban J connectivity index is 2.87. The Morgan fingerprint density at radius 1 is 1.22 bits per heavy atom. The second-order valence-corrected chi connectivity index (χ2v) is 4.22. The van der Waals surface area contributed by atoms with Gasteiger partial charge in [-0.15, -0.1) is 0 Å². The molecule has 0 amide bonds. The van der Waals surface area contributed by atoms with Crippen LogP contribution in [0, 0.1) is 18.6 Å². The second kappa shape index (κ2) is 4.88. The molecule has 1 aromatic heterocycles. The summed E-state index contributed by atoms with van der Waals surface area (Å²) in [4.78, 5) is 4.25. The van der Waals surface area contributed by atoms with Crippen LogP contribution in [-0.2, 0) is 6.42 Å². The van der Waals surface area contributed by atoms with Gasteiger partial charge in [0.15, 0.2) is 5.82 Å². The molecule has 2 rings (SSSR count). The summed E-state index contributed by atoms with van der Waals surface area (Å²) in [5.41, 5.74) is 2.81. The maximum absolute atomic E-state index is 13.8. The Bertz CT molecular complexity index is 594. The molecule has 1 heterocycles. The van der Waals surface area contributed by atoms with Crippen LogP contribution in [0.25, 0.3) is 10.9 Å². The first-order valence-corrected chi connectivity index (χ1v) is 6.10. The molecule has 1 N–H and O–H groups in total. The summed E-state index contributed by atoms with van der Waals surface area (Å²) in [7, 11) is 0. The molecule has 0 aliphatic heterocycles. The highest BCUT2D eigenvalue weighted by molar-refractivity contribution is 5.93. The first-order chi connectivity index (χ1) is 8.58. The maximum atomic E-state index is 13.8. The van der Waals surface area contributed by atoms with Gasteiger partial charge in [-0.05, 0) is 31.9 Å². The van der Waals surface area contributed by atoms with Crippen LogP contribution in [-0.4, -0.2) is 11.5 Å². The van der Waals surface area contributed by atoms with Gasteiger partial charge >= 0.3 is 0 Å². The van der Waals surface area contributed by atoms with E-state index in [1.54, 1.807) is 0 Å². The van der Waals surface area contributed by atoms with Gasteiger partial charge in [0.2, 0.25) is 0 Å². The van der Waals surface area contributed by atoms with E-state index >= 15 is 0 Å². The van der Waals surface area contributed by atoms with E-state index in [4.69, 9.17) is 0 Å². The zero-order valence-corrected chi connectivity index (χ0v) is 10.8. The number of benzene rings is 1. The number of hydrogen-bond donors (Lipinski definition) is 1. The number of nitrogens with one attached hydrogen (secondary N) is 1. The van der Waals surface area contributed by atoms with Crippen molar-refractivity contribution in [3.8, 4) is 0 Å².